The largest absolute Gasteiger partial charge is 0.478 e. The summed E-state index contributed by atoms with van der Waals surface area (Å²) < 4.78 is 0. The molecule has 0 spiro atoms. The lowest BCUT2D eigenvalue weighted by molar-refractivity contribution is 0.0646. The van der Waals surface area contributed by atoms with E-state index in [9.17, 15) is 14.4 Å². The average molecular weight is 305 g/mol. The Morgan fingerprint density at radius 3 is 1.68 bits per heavy atom. The summed E-state index contributed by atoms with van der Waals surface area (Å²) in [6, 6.07) is 5.50. The number of anilines is 1. The number of hydrogen-bond acceptors (Lipinski definition) is 6. The van der Waals surface area contributed by atoms with Crippen LogP contribution in [0.5, 0.6) is 0 Å². The zero-order valence-electron chi connectivity index (χ0n) is 11.0. The van der Waals surface area contributed by atoms with Gasteiger partial charge in [0.15, 0.2) is 5.69 Å². The van der Waals surface area contributed by atoms with Gasteiger partial charge in [0.2, 0.25) is 0 Å². The Bertz CT molecular complexity index is 683. The molecule has 0 amide bonds. The molecular formula is C13H11N3O6. The molecule has 9 nitrogen and oxygen atoms in total. The summed E-state index contributed by atoms with van der Waals surface area (Å²) in [4.78, 5) is 38.1. The standard InChI is InChI=1S/C7H5NO4.C6H6N2O2/c9-6(10)4-2-1-3-8-5(4)7(11)12;7-5-4(6(9)10)2-1-3-8-5/h1-3H,(H,9,10)(H,11,12);1-3H,(H2,7,8)(H,9,10). The third-order valence-corrected chi connectivity index (χ3v) is 2.31. The minimum Gasteiger partial charge on any atom is -0.478 e. The maximum absolute atomic E-state index is 10.4. The van der Waals surface area contributed by atoms with Gasteiger partial charge in [0, 0.05) is 12.4 Å². The lowest BCUT2D eigenvalue weighted by atomic mass is 10.2. The molecule has 0 aliphatic rings. The molecule has 0 aromatic carbocycles. The Kier molecular flexibility index (Phi) is 5.52. The number of carboxylic acids is 3. The highest BCUT2D eigenvalue weighted by Crippen LogP contribution is 2.05. The topological polar surface area (TPSA) is 164 Å². The molecule has 0 fully saturated rings. The number of nitrogens with zero attached hydrogens (tertiary/aromatic N) is 2. The van der Waals surface area contributed by atoms with E-state index in [0.717, 1.165) is 0 Å². The van der Waals surface area contributed by atoms with Gasteiger partial charge < -0.3 is 21.1 Å². The molecule has 0 saturated carbocycles. The first-order chi connectivity index (χ1) is 10.3. The molecule has 2 aromatic heterocycles. The zero-order valence-corrected chi connectivity index (χ0v) is 11.0. The van der Waals surface area contributed by atoms with E-state index in [1.807, 2.05) is 0 Å². The lowest BCUT2D eigenvalue weighted by Gasteiger charge is -1.97. The van der Waals surface area contributed by atoms with Crippen molar-refractivity contribution < 1.29 is 29.7 Å². The van der Waals surface area contributed by atoms with E-state index in [0.29, 0.717) is 0 Å². The fraction of sp³-hybridized carbons (Fsp3) is 0. The highest BCUT2D eigenvalue weighted by molar-refractivity contribution is 6.00. The smallest absolute Gasteiger partial charge is 0.355 e. The molecule has 2 rings (SSSR count). The van der Waals surface area contributed by atoms with Crippen molar-refractivity contribution in [3.63, 3.8) is 0 Å². The van der Waals surface area contributed by atoms with Crippen LogP contribution in [0.3, 0.4) is 0 Å². The van der Waals surface area contributed by atoms with Crippen LogP contribution in [0.4, 0.5) is 5.82 Å². The SMILES string of the molecule is Nc1ncccc1C(=O)O.O=C(O)c1cccnc1C(=O)O. The number of aromatic nitrogens is 2. The van der Waals surface area contributed by atoms with Gasteiger partial charge in [-0.3, -0.25) is 0 Å². The van der Waals surface area contributed by atoms with Crippen LogP contribution in [0.25, 0.3) is 0 Å². The molecule has 0 aliphatic heterocycles. The third kappa shape index (κ3) is 4.27. The first-order valence-electron chi connectivity index (χ1n) is 5.70. The molecule has 2 heterocycles. The number of nitrogen functional groups attached to an aromatic ring is 1. The molecule has 0 bridgehead atoms. The molecule has 0 radical (unpaired) electrons. The number of carboxylic acid groups (broad SMARTS) is 3. The van der Waals surface area contributed by atoms with Crippen LogP contribution in [0.15, 0.2) is 36.7 Å². The summed E-state index contributed by atoms with van der Waals surface area (Å²) in [5, 5.41) is 25.4. The third-order valence-electron chi connectivity index (χ3n) is 2.31. The Balaban J connectivity index is 0.000000224. The number of nitrogens with two attached hydrogens (primary N) is 1. The predicted molar refractivity (Wildman–Crippen MR) is 73.8 cm³/mol. The van der Waals surface area contributed by atoms with E-state index in [2.05, 4.69) is 9.97 Å². The summed E-state index contributed by atoms with van der Waals surface area (Å²) in [5.41, 5.74) is 4.53. The minimum atomic E-state index is -1.34. The number of aromatic carboxylic acids is 3. The molecule has 0 atom stereocenters. The number of hydrogen-bond donors (Lipinski definition) is 4. The van der Waals surface area contributed by atoms with Gasteiger partial charge in [-0.05, 0) is 24.3 Å². The van der Waals surface area contributed by atoms with Crippen LogP contribution in [-0.2, 0) is 0 Å². The van der Waals surface area contributed by atoms with Gasteiger partial charge in [0.05, 0.1) is 5.56 Å². The molecule has 0 aliphatic carbocycles. The van der Waals surface area contributed by atoms with Crippen LogP contribution in [0.1, 0.15) is 31.2 Å². The van der Waals surface area contributed by atoms with Crippen molar-refractivity contribution >= 4 is 23.7 Å². The Morgan fingerprint density at radius 1 is 0.818 bits per heavy atom. The van der Waals surface area contributed by atoms with E-state index >= 15 is 0 Å². The normalized spacial score (nSPS) is 9.27. The molecule has 9 heteroatoms. The molecule has 5 N–H and O–H groups in total. The number of rotatable bonds is 3. The van der Waals surface area contributed by atoms with Crippen molar-refractivity contribution in [2.75, 3.05) is 5.73 Å². The van der Waals surface area contributed by atoms with Gasteiger partial charge in [-0.25, -0.2) is 24.4 Å². The second-order valence-electron chi connectivity index (χ2n) is 3.75. The van der Waals surface area contributed by atoms with Gasteiger partial charge in [0.25, 0.3) is 0 Å². The van der Waals surface area contributed by atoms with E-state index in [-0.39, 0.29) is 16.9 Å². The Morgan fingerprint density at radius 2 is 1.32 bits per heavy atom. The van der Waals surface area contributed by atoms with E-state index in [1.165, 1.54) is 36.7 Å². The van der Waals surface area contributed by atoms with Gasteiger partial charge in [-0.2, -0.15) is 0 Å². The van der Waals surface area contributed by atoms with Gasteiger partial charge in [-0.15, -0.1) is 0 Å². The molecule has 2 aromatic rings. The second kappa shape index (κ2) is 7.33. The van der Waals surface area contributed by atoms with Gasteiger partial charge in [-0.1, -0.05) is 0 Å². The predicted octanol–water partition coefficient (Wildman–Crippen LogP) is 0.840. The fourth-order valence-electron chi connectivity index (χ4n) is 1.35. The average Bonchev–Trinajstić information content (AvgIpc) is 2.48. The summed E-state index contributed by atoms with van der Waals surface area (Å²) in [7, 11) is 0. The van der Waals surface area contributed by atoms with Gasteiger partial charge >= 0.3 is 17.9 Å². The highest BCUT2D eigenvalue weighted by atomic mass is 16.4. The maximum Gasteiger partial charge on any atom is 0.355 e. The molecule has 114 valence electrons. The summed E-state index contributed by atoms with van der Waals surface area (Å²) in [5.74, 6) is -3.63. The van der Waals surface area contributed by atoms with Crippen LogP contribution in [-0.4, -0.2) is 43.2 Å². The lowest BCUT2D eigenvalue weighted by Crippen LogP contribution is -2.09. The number of pyridine rings is 2. The highest BCUT2D eigenvalue weighted by Gasteiger charge is 2.15. The summed E-state index contributed by atoms with van der Waals surface area (Å²) in [6.07, 6.45) is 2.68. The fourth-order valence-corrected chi connectivity index (χ4v) is 1.35. The zero-order chi connectivity index (χ0) is 16.7. The molecule has 0 saturated heterocycles. The first-order valence-corrected chi connectivity index (χ1v) is 5.70. The summed E-state index contributed by atoms with van der Waals surface area (Å²) >= 11 is 0. The van der Waals surface area contributed by atoms with Crippen LogP contribution < -0.4 is 5.73 Å². The molecule has 0 unspecified atom stereocenters. The van der Waals surface area contributed by atoms with Crippen LogP contribution in [0, 0.1) is 0 Å². The second-order valence-corrected chi connectivity index (χ2v) is 3.75. The van der Waals surface area contributed by atoms with Crippen molar-refractivity contribution in [3.05, 3.63) is 53.5 Å². The maximum atomic E-state index is 10.4. The van der Waals surface area contributed by atoms with Crippen molar-refractivity contribution in [1.82, 2.24) is 9.97 Å². The van der Waals surface area contributed by atoms with E-state index in [1.54, 1.807) is 0 Å². The number of carbonyl (C=O) groups is 3. The van der Waals surface area contributed by atoms with E-state index < -0.39 is 23.6 Å². The van der Waals surface area contributed by atoms with Crippen molar-refractivity contribution in [1.29, 1.82) is 0 Å². The van der Waals surface area contributed by atoms with Crippen LogP contribution in [0.2, 0.25) is 0 Å². The Labute approximate surface area is 123 Å². The van der Waals surface area contributed by atoms with Gasteiger partial charge in [0.1, 0.15) is 11.4 Å². The quantitative estimate of drug-likeness (QED) is 0.643. The Hall–Kier alpha value is -3.49. The first kappa shape index (κ1) is 16.6. The van der Waals surface area contributed by atoms with Crippen molar-refractivity contribution in [3.8, 4) is 0 Å². The summed E-state index contributed by atoms with van der Waals surface area (Å²) in [6.45, 7) is 0. The van der Waals surface area contributed by atoms with Crippen LogP contribution >= 0.6 is 0 Å². The molecular weight excluding hydrogens is 294 g/mol. The van der Waals surface area contributed by atoms with Crippen molar-refractivity contribution in [2.45, 2.75) is 0 Å². The monoisotopic (exact) mass is 305 g/mol. The minimum absolute atomic E-state index is 0.0440. The van der Waals surface area contributed by atoms with E-state index in [4.69, 9.17) is 21.1 Å². The van der Waals surface area contributed by atoms with Crippen molar-refractivity contribution in [2.24, 2.45) is 0 Å². The molecule has 22 heavy (non-hydrogen) atoms.